The number of methoxy groups -OCH3 is 3. The van der Waals surface area contributed by atoms with Gasteiger partial charge in [0.1, 0.15) is 5.75 Å². The Morgan fingerprint density at radius 2 is 1.76 bits per heavy atom. The zero-order valence-electron chi connectivity index (χ0n) is 12.8. The molecule has 0 fully saturated rings. The van der Waals surface area contributed by atoms with Crippen molar-refractivity contribution in [1.29, 1.82) is 0 Å². The molecule has 1 aliphatic rings. The molecule has 0 aliphatic heterocycles. The molecule has 0 heterocycles. The quantitative estimate of drug-likeness (QED) is 0.799. The molecule has 1 unspecified atom stereocenters. The zero-order valence-corrected chi connectivity index (χ0v) is 12.8. The maximum atomic E-state index is 11.7. The van der Waals surface area contributed by atoms with Crippen molar-refractivity contribution in [3.8, 4) is 5.75 Å². The van der Waals surface area contributed by atoms with Crippen LogP contribution in [0.1, 0.15) is 18.9 Å². The Bertz CT molecular complexity index is 583. The van der Waals surface area contributed by atoms with Crippen LogP contribution in [0.4, 0.5) is 0 Å². The maximum Gasteiger partial charge on any atom is 0.333 e. The van der Waals surface area contributed by atoms with Gasteiger partial charge in [-0.2, -0.15) is 0 Å². The Labute approximate surface area is 125 Å². The number of benzene rings is 1. The molecule has 0 saturated carbocycles. The average Bonchev–Trinajstić information content (AvgIpc) is 2.54. The Kier molecular flexibility index (Phi) is 4.48. The third kappa shape index (κ3) is 3.00. The van der Waals surface area contributed by atoms with E-state index in [1.807, 2.05) is 37.3 Å². The minimum absolute atomic E-state index is 0.316. The molecule has 1 atom stereocenters. The van der Waals surface area contributed by atoms with Crippen LogP contribution in [0.15, 0.2) is 42.0 Å². The van der Waals surface area contributed by atoms with Crippen LogP contribution in [0.5, 0.6) is 5.75 Å². The highest BCUT2D eigenvalue weighted by atomic mass is 16.5. The van der Waals surface area contributed by atoms with E-state index in [9.17, 15) is 4.79 Å². The van der Waals surface area contributed by atoms with Crippen molar-refractivity contribution in [2.24, 2.45) is 0 Å². The summed E-state index contributed by atoms with van der Waals surface area (Å²) in [4.78, 5) is 11.7. The number of hydrogen-bond acceptors (Lipinski definition) is 4. The van der Waals surface area contributed by atoms with Crippen LogP contribution in [-0.2, 0) is 14.3 Å². The van der Waals surface area contributed by atoms with E-state index < -0.39 is 5.60 Å². The van der Waals surface area contributed by atoms with Gasteiger partial charge in [-0.3, -0.25) is 0 Å². The minimum Gasteiger partial charge on any atom is -0.497 e. The van der Waals surface area contributed by atoms with Gasteiger partial charge in [0.05, 0.1) is 19.8 Å². The first-order chi connectivity index (χ1) is 10.0. The third-order valence-electron chi connectivity index (χ3n) is 3.85. The molecule has 4 nitrogen and oxygen atoms in total. The molecule has 112 valence electrons. The lowest BCUT2D eigenvalue weighted by Crippen LogP contribution is -2.33. The highest BCUT2D eigenvalue weighted by Gasteiger charge is 2.35. The summed E-state index contributed by atoms with van der Waals surface area (Å²) in [6.45, 7) is 1.97. The van der Waals surface area contributed by atoms with Crippen molar-refractivity contribution in [1.82, 2.24) is 0 Å². The van der Waals surface area contributed by atoms with Crippen LogP contribution in [-0.4, -0.2) is 32.9 Å². The highest BCUT2D eigenvalue weighted by molar-refractivity contribution is 5.92. The second-order valence-electron chi connectivity index (χ2n) is 5.10. The second kappa shape index (κ2) is 6.14. The fraction of sp³-hybridized carbons (Fsp3) is 0.353. The van der Waals surface area contributed by atoms with E-state index in [4.69, 9.17) is 14.2 Å². The van der Waals surface area contributed by atoms with E-state index in [1.165, 1.54) is 7.11 Å². The molecule has 0 radical (unpaired) electrons. The second-order valence-corrected chi connectivity index (χ2v) is 5.10. The predicted octanol–water partition coefficient (Wildman–Crippen LogP) is 2.99. The number of carbonyl (C=O) groups excluding carboxylic acids is 1. The molecular formula is C17H20O4. The summed E-state index contributed by atoms with van der Waals surface area (Å²) in [6, 6.07) is 7.79. The van der Waals surface area contributed by atoms with Crippen molar-refractivity contribution in [2.75, 3.05) is 21.3 Å². The number of allylic oxidation sites excluding steroid dienone is 2. The summed E-state index contributed by atoms with van der Waals surface area (Å²) < 4.78 is 15.6. The van der Waals surface area contributed by atoms with E-state index in [0.29, 0.717) is 12.0 Å². The molecule has 0 bridgehead atoms. The molecule has 2 rings (SSSR count). The molecule has 0 amide bonds. The largest absolute Gasteiger partial charge is 0.497 e. The van der Waals surface area contributed by atoms with Crippen LogP contribution in [0, 0.1) is 0 Å². The topological polar surface area (TPSA) is 44.8 Å². The molecule has 0 spiro atoms. The summed E-state index contributed by atoms with van der Waals surface area (Å²) in [6.07, 6.45) is 4.20. The normalized spacial score (nSPS) is 21.3. The third-order valence-corrected chi connectivity index (χ3v) is 3.85. The van der Waals surface area contributed by atoms with Crippen molar-refractivity contribution in [2.45, 2.75) is 18.9 Å². The van der Waals surface area contributed by atoms with Gasteiger partial charge >= 0.3 is 5.97 Å². The summed E-state index contributed by atoms with van der Waals surface area (Å²) in [5, 5.41) is 0. The molecular weight excluding hydrogens is 268 g/mol. The number of carbonyl (C=O) groups is 1. The fourth-order valence-electron chi connectivity index (χ4n) is 2.50. The van der Waals surface area contributed by atoms with Gasteiger partial charge in [0, 0.05) is 19.1 Å². The molecule has 1 aromatic carbocycles. The highest BCUT2D eigenvalue weighted by Crippen LogP contribution is 2.39. The monoisotopic (exact) mass is 288 g/mol. The number of hydrogen-bond donors (Lipinski definition) is 0. The summed E-state index contributed by atoms with van der Waals surface area (Å²) in [5.74, 6) is 0.489. The lowest BCUT2D eigenvalue weighted by atomic mass is 9.80. The van der Waals surface area contributed by atoms with E-state index in [2.05, 4.69) is 0 Å². The molecule has 0 N–H and O–H groups in total. The zero-order chi connectivity index (χ0) is 15.5. The maximum absolute atomic E-state index is 11.7. The van der Waals surface area contributed by atoms with Crippen molar-refractivity contribution in [3.63, 3.8) is 0 Å². The van der Waals surface area contributed by atoms with Crippen LogP contribution in [0.2, 0.25) is 0 Å². The van der Waals surface area contributed by atoms with Gasteiger partial charge in [0.2, 0.25) is 0 Å². The molecule has 1 aliphatic carbocycles. The van der Waals surface area contributed by atoms with Crippen LogP contribution >= 0.6 is 0 Å². The Morgan fingerprint density at radius 1 is 1.10 bits per heavy atom. The number of rotatable bonds is 4. The first kappa shape index (κ1) is 15.3. The number of ether oxygens (including phenoxy) is 3. The SMILES string of the molecule is COC(=O)C1=CC=C(c2ccc(OC)cc2)C(C)(OC)C1. The first-order valence-electron chi connectivity index (χ1n) is 6.73. The van der Waals surface area contributed by atoms with Gasteiger partial charge in [-0.1, -0.05) is 24.3 Å². The van der Waals surface area contributed by atoms with Crippen molar-refractivity contribution < 1.29 is 19.0 Å². The van der Waals surface area contributed by atoms with E-state index in [0.717, 1.165) is 16.9 Å². The Balaban J connectivity index is 2.41. The van der Waals surface area contributed by atoms with Crippen LogP contribution in [0.25, 0.3) is 5.57 Å². The predicted molar refractivity (Wildman–Crippen MR) is 81.1 cm³/mol. The van der Waals surface area contributed by atoms with Gasteiger partial charge in [-0.25, -0.2) is 4.79 Å². The minimum atomic E-state index is -0.563. The van der Waals surface area contributed by atoms with Gasteiger partial charge in [-0.15, -0.1) is 0 Å². The fourth-order valence-corrected chi connectivity index (χ4v) is 2.50. The lowest BCUT2D eigenvalue weighted by Gasteiger charge is -2.34. The Morgan fingerprint density at radius 3 is 2.29 bits per heavy atom. The van der Waals surface area contributed by atoms with Crippen LogP contribution < -0.4 is 4.74 Å². The average molecular weight is 288 g/mol. The van der Waals surface area contributed by atoms with Gasteiger partial charge in [0.15, 0.2) is 0 Å². The van der Waals surface area contributed by atoms with E-state index in [1.54, 1.807) is 20.3 Å². The Hall–Kier alpha value is -2.07. The molecule has 1 aromatic rings. The van der Waals surface area contributed by atoms with E-state index in [-0.39, 0.29) is 5.97 Å². The van der Waals surface area contributed by atoms with E-state index >= 15 is 0 Å². The lowest BCUT2D eigenvalue weighted by molar-refractivity contribution is -0.136. The van der Waals surface area contributed by atoms with Gasteiger partial charge < -0.3 is 14.2 Å². The number of esters is 1. The van der Waals surface area contributed by atoms with Crippen molar-refractivity contribution in [3.05, 3.63) is 47.6 Å². The summed E-state index contributed by atoms with van der Waals surface area (Å²) in [5.41, 5.74) is 2.12. The molecule has 21 heavy (non-hydrogen) atoms. The molecule has 0 saturated heterocycles. The van der Waals surface area contributed by atoms with Gasteiger partial charge in [0.25, 0.3) is 0 Å². The summed E-state index contributed by atoms with van der Waals surface area (Å²) >= 11 is 0. The van der Waals surface area contributed by atoms with Crippen molar-refractivity contribution >= 4 is 11.5 Å². The van der Waals surface area contributed by atoms with Crippen LogP contribution in [0.3, 0.4) is 0 Å². The standard InChI is InChI=1S/C17H20O4/c1-17(21-4)11-13(16(18)20-3)7-10-15(17)12-5-8-14(19-2)9-6-12/h5-10H,11H2,1-4H3. The molecule has 0 aromatic heterocycles. The smallest absolute Gasteiger partial charge is 0.333 e. The van der Waals surface area contributed by atoms with Gasteiger partial charge in [-0.05, 0) is 30.2 Å². The first-order valence-corrected chi connectivity index (χ1v) is 6.73. The molecule has 4 heteroatoms. The summed E-state index contributed by atoms with van der Waals surface area (Å²) in [7, 11) is 4.67.